The molecule has 0 bridgehead atoms. The van der Waals surface area contributed by atoms with E-state index in [1.54, 1.807) is 0 Å². The molecule has 4 nitrogen and oxygen atoms in total. The van der Waals surface area contributed by atoms with E-state index < -0.39 is 5.97 Å². The molecule has 0 unspecified atom stereocenters. The number of aromatic carboxylic acids is 1. The lowest BCUT2D eigenvalue weighted by molar-refractivity contribution is 0.0258. The Morgan fingerprint density at radius 3 is 1.95 bits per heavy atom. The summed E-state index contributed by atoms with van der Waals surface area (Å²) >= 11 is 0. The molecule has 4 heteroatoms. The molecule has 1 aromatic carbocycles. The van der Waals surface area contributed by atoms with E-state index in [9.17, 15) is 9.59 Å². The van der Waals surface area contributed by atoms with Crippen molar-refractivity contribution < 1.29 is 19.4 Å². The van der Waals surface area contributed by atoms with E-state index in [0.717, 1.165) is 25.7 Å². The summed E-state index contributed by atoms with van der Waals surface area (Å²) < 4.78 is 5.43. The Morgan fingerprint density at radius 1 is 1.05 bits per heavy atom. The van der Waals surface area contributed by atoms with Crippen LogP contribution >= 0.6 is 0 Å². The number of hydrogen-bond donors (Lipinski definition) is 1. The minimum absolute atomic E-state index is 0.0540. The highest BCUT2D eigenvalue weighted by molar-refractivity contribution is 5.92. The first-order valence-electron chi connectivity index (χ1n) is 6.62. The van der Waals surface area contributed by atoms with Gasteiger partial charge in [-0.25, -0.2) is 9.59 Å². The highest BCUT2D eigenvalue weighted by atomic mass is 16.5. The van der Waals surface area contributed by atoms with Gasteiger partial charge in [0.05, 0.1) is 11.1 Å². The zero-order chi connectivity index (χ0) is 14.3. The van der Waals surface area contributed by atoms with Crippen molar-refractivity contribution in [2.75, 3.05) is 0 Å². The molecular weight excluding hydrogens is 244 g/mol. The van der Waals surface area contributed by atoms with Crippen molar-refractivity contribution >= 4 is 11.9 Å². The molecule has 1 rings (SSSR count). The van der Waals surface area contributed by atoms with Gasteiger partial charge < -0.3 is 9.84 Å². The van der Waals surface area contributed by atoms with Crippen LogP contribution in [0.2, 0.25) is 0 Å². The van der Waals surface area contributed by atoms with E-state index in [1.807, 2.05) is 0 Å². The first-order chi connectivity index (χ1) is 9.08. The lowest BCUT2D eigenvalue weighted by atomic mass is 10.1. The van der Waals surface area contributed by atoms with Gasteiger partial charge in [-0.05, 0) is 37.1 Å². The number of rotatable bonds is 7. The minimum Gasteiger partial charge on any atom is -0.478 e. The quantitative estimate of drug-likeness (QED) is 0.765. The molecule has 0 saturated carbocycles. The third kappa shape index (κ3) is 4.73. The zero-order valence-electron chi connectivity index (χ0n) is 11.4. The monoisotopic (exact) mass is 264 g/mol. The summed E-state index contributed by atoms with van der Waals surface area (Å²) in [7, 11) is 0. The van der Waals surface area contributed by atoms with Crippen LogP contribution in [-0.2, 0) is 4.74 Å². The summed E-state index contributed by atoms with van der Waals surface area (Å²) in [5.74, 6) is -1.39. The largest absolute Gasteiger partial charge is 0.478 e. The SMILES string of the molecule is CCCC(CCC)OC(=O)c1ccc(C(=O)O)cc1. The Kier molecular flexibility index (Phi) is 6.06. The first kappa shape index (κ1) is 15.2. The van der Waals surface area contributed by atoms with Crippen LogP contribution in [-0.4, -0.2) is 23.1 Å². The Bertz CT molecular complexity index is 416. The van der Waals surface area contributed by atoms with Crippen LogP contribution in [0.25, 0.3) is 0 Å². The average Bonchev–Trinajstić information content (AvgIpc) is 2.39. The fourth-order valence-corrected chi connectivity index (χ4v) is 1.87. The molecular formula is C15H20O4. The Balaban J connectivity index is 2.68. The number of carboxylic acid groups (broad SMARTS) is 1. The third-order valence-electron chi connectivity index (χ3n) is 2.86. The van der Waals surface area contributed by atoms with Crippen molar-refractivity contribution in [3.05, 3.63) is 35.4 Å². The van der Waals surface area contributed by atoms with Crippen LogP contribution in [0.1, 0.15) is 60.2 Å². The molecule has 1 aromatic rings. The standard InChI is InChI=1S/C15H20O4/c1-3-5-13(6-4-2)19-15(18)12-9-7-11(8-10-12)14(16)17/h7-10,13H,3-6H2,1-2H3,(H,16,17). The average molecular weight is 264 g/mol. The second kappa shape index (κ2) is 7.56. The van der Waals surface area contributed by atoms with Crippen molar-refractivity contribution in [2.24, 2.45) is 0 Å². The van der Waals surface area contributed by atoms with Gasteiger partial charge in [-0.2, -0.15) is 0 Å². The molecule has 1 N–H and O–H groups in total. The summed E-state index contributed by atoms with van der Waals surface area (Å²) in [5.41, 5.74) is 0.553. The summed E-state index contributed by atoms with van der Waals surface area (Å²) in [6.07, 6.45) is 3.59. The second-order valence-electron chi connectivity index (χ2n) is 4.49. The van der Waals surface area contributed by atoms with Crippen LogP contribution in [0, 0.1) is 0 Å². The maximum absolute atomic E-state index is 11.9. The molecule has 0 fully saturated rings. The van der Waals surface area contributed by atoms with Crippen LogP contribution < -0.4 is 0 Å². The Labute approximate surface area is 113 Å². The molecule has 0 atom stereocenters. The van der Waals surface area contributed by atoms with E-state index >= 15 is 0 Å². The van der Waals surface area contributed by atoms with Crippen molar-refractivity contribution in [3.8, 4) is 0 Å². The van der Waals surface area contributed by atoms with Crippen LogP contribution in [0.15, 0.2) is 24.3 Å². The molecule has 0 aliphatic carbocycles. The number of hydrogen-bond acceptors (Lipinski definition) is 3. The molecule has 0 spiro atoms. The van der Waals surface area contributed by atoms with Crippen molar-refractivity contribution in [1.29, 1.82) is 0 Å². The predicted molar refractivity (Wildman–Crippen MR) is 72.4 cm³/mol. The van der Waals surface area contributed by atoms with Crippen molar-refractivity contribution in [2.45, 2.75) is 45.6 Å². The molecule has 0 aliphatic rings. The van der Waals surface area contributed by atoms with Gasteiger partial charge in [0.15, 0.2) is 0 Å². The van der Waals surface area contributed by atoms with E-state index in [0.29, 0.717) is 5.56 Å². The first-order valence-corrected chi connectivity index (χ1v) is 6.62. The van der Waals surface area contributed by atoms with Gasteiger partial charge in [-0.3, -0.25) is 0 Å². The maximum atomic E-state index is 11.9. The van der Waals surface area contributed by atoms with Crippen LogP contribution in [0.5, 0.6) is 0 Å². The summed E-state index contributed by atoms with van der Waals surface area (Å²) in [6.45, 7) is 4.11. The van der Waals surface area contributed by atoms with Crippen LogP contribution in [0.3, 0.4) is 0 Å². The van der Waals surface area contributed by atoms with E-state index in [4.69, 9.17) is 9.84 Å². The van der Waals surface area contributed by atoms with Crippen molar-refractivity contribution in [1.82, 2.24) is 0 Å². The molecule has 0 heterocycles. The molecule has 104 valence electrons. The fraction of sp³-hybridized carbons (Fsp3) is 0.467. The van der Waals surface area contributed by atoms with Crippen LogP contribution in [0.4, 0.5) is 0 Å². The number of carbonyl (C=O) groups excluding carboxylic acids is 1. The molecule has 0 aliphatic heterocycles. The zero-order valence-corrected chi connectivity index (χ0v) is 11.4. The van der Waals surface area contributed by atoms with Gasteiger partial charge in [-0.15, -0.1) is 0 Å². The lowest BCUT2D eigenvalue weighted by Gasteiger charge is -2.16. The minimum atomic E-state index is -1.00. The number of carbonyl (C=O) groups is 2. The molecule has 19 heavy (non-hydrogen) atoms. The second-order valence-corrected chi connectivity index (χ2v) is 4.49. The Morgan fingerprint density at radius 2 is 1.53 bits per heavy atom. The highest BCUT2D eigenvalue weighted by Gasteiger charge is 2.15. The van der Waals surface area contributed by atoms with E-state index in [1.165, 1.54) is 24.3 Å². The van der Waals surface area contributed by atoms with Gasteiger partial charge in [-0.1, -0.05) is 26.7 Å². The van der Waals surface area contributed by atoms with Gasteiger partial charge in [0.1, 0.15) is 6.10 Å². The Hall–Kier alpha value is -1.84. The van der Waals surface area contributed by atoms with E-state index in [-0.39, 0.29) is 17.6 Å². The summed E-state index contributed by atoms with van der Waals surface area (Å²) in [4.78, 5) is 22.6. The van der Waals surface area contributed by atoms with Gasteiger partial charge in [0, 0.05) is 0 Å². The van der Waals surface area contributed by atoms with Gasteiger partial charge in [0.25, 0.3) is 0 Å². The lowest BCUT2D eigenvalue weighted by Crippen LogP contribution is -2.18. The summed E-state index contributed by atoms with van der Waals surface area (Å²) in [6, 6.07) is 5.79. The topological polar surface area (TPSA) is 63.6 Å². The van der Waals surface area contributed by atoms with Gasteiger partial charge >= 0.3 is 11.9 Å². The number of carboxylic acids is 1. The summed E-state index contributed by atoms with van der Waals surface area (Å²) in [5, 5.41) is 8.78. The smallest absolute Gasteiger partial charge is 0.338 e. The molecule has 0 radical (unpaired) electrons. The maximum Gasteiger partial charge on any atom is 0.338 e. The van der Waals surface area contributed by atoms with Gasteiger partial charge in [0.2, 0.25) is 0 Å². The third-order valence-corrected chi connectivity index (χ3v) is 2.86. The molecule has 0 aromatic heterocycles. The highest BCUT2D eigenvalue weighted by Crippen LogP contribution is 2.13. The number of ether oxygens (including phenoxy) is 1. The van der Waals surface area contributed by atoms with Crippen molar-refractivity contribution in [3.63, 3.8) is 0 Å². The number of esters is 1. The normalized spacial score (nSPS) is 10.5. The fourth-order valence-electron chi connectivity index (χ4n) is 1.87. The predicted octanol–water partition coefficient (Wildman–Crippen LogP) is 3.51. The number of benzene rings is 1. The molecule has 0 amide bonds. The van der Waals surface area contributed by atoms with E-state index in [2.05, 4.69) is 13.8 Å². The molecule has 0 saturated heterocycles.